The summed E-state index contributed by atoms with van der Waals surface area (Å²) in [5, 5.41) is 3.50. The average Bonchev–Trinajstić information content (AvgIpc) is 2.44. The maximum absolute atomic E-state index is 12.9. The molecule has 0 heterocycles. The van der Waals surface area contributed by atoms with Crippen LogP contribution in [0.3, 0.4) is 0 Å². The van der Waals surface area contributed by atoms with E-state index in [2.05, 4.69) is 29.4 Å². The maximum atomic E-state index is 12.9. The van der Waals surface area contributed by atoms with Crippen LogP contribution in [0.25, 0.3) is 0 Å². The third-order valence-corrected chi connectivity index (χ3v) is 7.56. The molecule has 4 fully saturated rings. The van der Waals surface area contributed by atoms with E-state index in [9.17, 15) is 4.57 Å². The Labute approximate surface area is 122 Å². The van der Waals surface area contributed by atoms with Gasteiger partial charge in [0.25, 0.3) is 0 Å². The summed E-state index contributed by atoms with van der Waals surface area (Å²) in [6, 6.07) is 10.3. The molecule has 106 valence electrons. The Morgan fingerprint density at radius 1 is 1.00 bits per heavy atom. The predicted molar refractivity (Wildman–Crippen MR) is 81.8 cm³/mol. The molecule has 0 amide bonds. The van der Waals surface area contributed by atoms with E-state index in [1.165, 1.54) is 44.1 Å². The van der Waals surface area contributed by atoms with Gasteiger partial charge in [0.2, 0.25) is 0 Å². The van der Waals surface area contributed by atoms with E-state index in [1.54, 1.807) is 0 Å². The fourth-order valence-electron chi connectivity index (χ4n) is 5.24. The van der Waals surface area contributed by atoms with Gasteiger partial charge in [-0.25, -0.2) is 0 Å². The minimum atomic E-state index is -1.28. The lowest BCUT2D eigenvalue weighted by Crippen LogP contribution is -2.49. The molecule has 4 saturated carbocycles. The Morgan fingerprint density at radius 3 is 2.10 bits per heavy atom. The molecule has 4 bridgehead atoms. The van der Waals surface area contributed by atoms with E-state index in [-0.39, 0.29) is 5.16 Å². The molecule has 2 nitrogen and oxygen atoms in total. The third kappa shape index (κ3) is 2.23. The van der Waals surface area contributed by atoms with Crippen molar-refractivity contribution in [1.29, 1.82) is 0 Å². The molecular weight excluding hydrogens is 265 g/mol. The van der Waals surface area contributed by atoms with Crippen LogP contribution in [0, 0.1) is 17.8 Å². The quantitative estimate of drug-likeness (QED) is 0.827. The van der Waals surface area contributed by atoms with Crippen LogP contribution in [0.15, 0.2) is 30.3 Å². The van der Waals surface area contributed by atoms with Gasteiger partial charge in [-0.2, -0.15) is 0 Å². The highest BCUT2D eigenvalue weighted by molar-refractivity contribution is 7.44. The third-order valence-electron chi connectivity index (χ3n) is 5.71. The van der Waals surface area contributed by atoms with Gasteiger partial charge in [0, 0.05) is 19.3 Å². The van der Waals surface area contributed by atoms with Gasteiger partial charge in [-0.15, -0.1) is 5.09 Å². The highest BCUT2D eigenvalue weighted by atomic mass is 31.1. The summed E-state index contributed by atoms with van der Waals surface area (Å²) in [5.41, 5.74) is 1.24. The number of rotatable bonds is 4. The molecule has 1 atom stereocenters. The van der Waals surface area contributed by atoms with Crippen LogP contribution in [0.2, 0.25) is 0 Å². The highest BCUT2D eigenvalue weighted by Crippen LogP contribution is 2.63. The maximum Gasteiger partial charge on any atom is 0.438 e. The Hall–Kier alpha value is -0.720. The van der Waals surface area contributed by atoms with Crippen LogP contribution in [-0.2, 0) is 11.1 Å². The molecule has 3 heteroatoms. The fraction of sp³-hybridized carbons (Fsp3) is 0.647. The van der Waals surface area contributed by atoms with Crippen molar-refractivity contribution >= 4 is 7.95 Å². The Bertz CT molecular complexity index is 478. The predicted octanol–water partition coefficient (Wildman–Crippen LogP) is 4.49. The number of benzene rings is 1. The second-order valence-corrected chi connectivity index (χ2v) is 9.11. The fourth-order valence-corrected chi connectivity index (χ4v) is 7.17. The minimum absolute atomic E-state index is 0.138. The van der Waals surface area contributed by atoms with Gasteiger partial charge in [-0.1, -0.05) is 30.3 Å². The summed E-state index contributed by atoms with van der Waals surface area (Å²) in [6.45, 7) is 0.748. The summed E-state index contributed by atoms with van der Waals surface area (Å²) in [7, 11) is -1.28. The van der Waals surface area contributed by atoms with Gasteiger partial charge in [-0.3, -0.25) is 0 Å². The van der Waals surface area contributed by atoms with Gasteiger partial charge in [0.05, 0.1) is 6.54 Å². The first-order chi connectivity index (χ1) is 9.73. The Kier molecular flexibility index (Phi) is 3.20. The van der Waals surface area contributed by atoms with E-state index in [1.807, 2.05) is 6.07 Å². The first kappa shape index (κ1) is 13.0. The molecule has 5 rings (SSSR count). The summed E-state index contributed by atoms with van der Waals surface area (Å²) in [6.07, 6.45) is 7.91. The zero-order chi connectivity index (χ0) is 13.6. The van der Waals surface area contributed by atoms with Crippen molar-refractivity contribution in [3.8, 4) is 0 Å². The molecule has 1 aromatic rings. The van der Waals surface area contributed by atoms with Gasteiger partial charge in [0.15, 0.2) is 5.16 Å². The lowest BCUT2D eigenvalue weighted by Gasteiger charge is -2.51. The van der Waals surface area contributed by atoms with Crippen LogP contribution in [0.5, 0.6) is 0 Å². The average molecular weight is 288 g/mol. The van der Waals surface area contributed by atoms with Crippen LogP contribution >= 0.6 is 7.95 Å². The van der Waals surface area contributed by atoms with E-state index in [4.69, 9.17) is 0 Å². The first-order valence-electron chi connectivity index (χ1n) is 7.98. The molecule has 0 radical (unpaired) electrons. The second-order valence-electron chi connectivity index (χ2n) is 7.26. The summed E-state index contributed by atoms with van der Waals surface area (Å²) >= 11 is 0. The van der Waals surface area contributed by atoms with Crippen molar-refractivity contribution in [2.45, 2.75) is 50.2 Å². The highest BCUT2D eigenvalue weighted by Gasteiger charge is 2.61. The minimum Gasteiger partial charge on any atom is -0.104 e. The topological polar surface area (TPSA) is 29.1 Å². The van der Waals surface area contributed by atoms with Crippen molar-refractivity contribution in [3.63, 3.8) is 0 Å². The smallest absolute Gasteiger partial charge is 0.104 e. The van der Waals surface area contributed by atoms with Gasteiger partial charge < -0.3 is 0 Å². The van der Waals surface area contributed by atoms with Crippen LogP contribution < -0.4 is 5.09 Å². The molecule has 1 N–H and O–H groups in total. The summed E-state index contributed by atoms with van der Waals surface area (Å²) < 4.78 is 12.9. The van der Waals surface area contributed by atoms with E-state index < -0.39 is 7.95 Å². The molecule has 4 aliphatic rings. The molecular formula is C17H23NOP+. The number of hydrogen-bond acceptors (Lipinski definition) is 1. The SMILES string of the molecule is O=[P+](NCc1ccccc1)C12CC3CC(CC(C3)C1)C2. The molecule has 0 saturated heterocycles. The van der Waals surface area contributed by atoms with Crippen molar-refractivity contribution in [2.24, 2.45) is 17.8 Å². The van der Waals surface area contributed by atoms with Crippen molar-refractivity contribution in [1.82, 2.24) is 5.09 Å². The molecule has 0 aromatic heterocycles. The van der Waals surface area contributed by atoms with Crippen molar-refractivity contribution in [2.75, 3.05) is 0 Å². The monoisotopic (exact) mass is 288 g/mol. The Morgan fingerprint density at radius 2 is 1.55 bits per heavy atom. The normalized spacial score (nSPS) is 39.0. The van der Waals surface area contributed by atoms with Crippen molar-refractivity contribution < 1.29 is 4.57 Å². The Balaban J connectivity index is 1.46. The second kappa shape index (κ2) is 4.93. The summed E-state index contributed by atoms with van der Waals surface area (Å²) in [4.78, 5) is 0. The zero-order valence-corrected chi connectivity index (χ0v) is 12.8. The molecule has 1 unspecified atom stereocenters. The number of hydrogen-bond donors (Lipinski definition) is 1. The van der Waals surface area contributed by atoms with Gasteiger partial charge >= 0.3 is 7.95 Å². The lowest BCUT2D eigenvalue weighted by atomic mass is 9.56. The van der Waals surface area contributed by atoms with E-state index in [0.29, 0.717) is 0 Å². The zero-order valence-electron chi connectivity index (χ0n) is 11.9. The molecule has 20 heavy (non-hydrogen) atoms. The standard InChI is InChI=1S/C17H23NOP/c19-20(18-12-13-4-2-1-3-5-13)17-9-14-6-15(10-17)8-16(7-14)11-17/h1-5,14-16H,6-12H2,(H,18,19)/q+1. The van der Waals surface area contributed by atoms with E-state index in [0.717, 1.165) is 24.3 Å². The van der Waals surface area contributed by atoms with Crippen LogP contribution in [-0.4, -0.2) is 5.16 Å². The van der Waals surface area contributed by atoms with Crippen molar-refractivity contribution in [3.05, 3.63) is 35.9 Å². The molecule has 4 aliphatic carbocycles. The van der Waals surface area contributed by atoms with E-state index >= 15 is 0 Å². The largest absolute Gasteiger partial charge is 0.438 e. The molecule has 0 spiro atoms. The molecule has 1 aromatic carbocycles. The number of nitrogens with one attached hydrogen (secondary N) is 1. The molecule has 0 aliphatic heterocycles. The first-order valence-corrected chi connectivity index (χ1v) is 9.24. The van der Waals surface area contributed by atoms with Crippen LogP contribution in [0.1, 0.15) is 44.1 Å². The van der Waals surface area contributed by atoms with Crippen LogP contribution in [0.4, 0.5) is 0 Å². The summed E-state index contributed by atoms with van der Waals surface area (Å²) in [5.74, 6) is 2.62. The van der Waals surface area contributed by atoms with Gasteiger partial charge in [0.1, 0.15) is 0 Å². The van der Waals surface area contributed by atoms with Gasteiger partial charge in [-0.05, 0) is 47.1 Å². The lowest BCUT2D eigenvalue weighted by molar-refractivity contribution is 0.0338.